The van der Waals surface area contributed by atoms with Crippen LogP contribution >= 0.6 is 0 Å². The maximum atomic E-state index is 2.34. The van der Waals surface area contributed by atoms with Crippen molar-refractivity contribution >= 4 is 0 Å². The van der Waals surface area contributed by atoms with Gasteiger partial charge in [0.25, 0.3) is 0 Å². The SMILES string of the molecule is CCCC=C1C=C1C(C)C. The summed E-state index contributed by atoms with van der Waals surface area (Å²) in [5.41, 5.74) is 3.07. The molecule has 0 bridgehead atoms. The van der Waals surface area contributed by atoms with Crippen molar-refractivity contribution in [3.8, 4) is 0 Å². The molecule has 56 valence electrons. The largest absolute Gasteiger partial charge is 0.0770 e. The Labute approximate surface area is 63.6 Å². The zero-order valence-corrected chi connectivity index (χ0v) is 7.15. The van der Waals surface area contributed by atoms with E-state index in [-0.39, 0.29) is 0 Å². The molecular weight excluding hydrogens is 120 g/mol. The minimum atomic E-state index is 0.739. The van der Waals surface area contributed by atoms with Crippen LogP contribution in [0.3, 0.4) is 0 Å². The molecule has 0 radical (unpaired) electrons. The third-order valence-corrected chi connectivity index (χ3v) is 1.84. The van der Waals surface area contributed by atoms with Crippen LogP contribution in [0.1, 0.15) is 33.6 Å². The zero-order chi connectivity index (χ0) is 7.56. The molecule has 0 aromatic carbocycles. The second-order valence-corrected chi connectivity index (χ2v) is 3.20. The Bertz CT molecular complexity index is 170. The fraction of sp³-hybridized carbons (Fsp3) is 0.600. The van der Waals surface area contributed by atoms with Crippen LogP contribution in [0.15, 0.2) is 23.3 Å². The van der Waals surface area contributed by atoms with E-state index in [2.05, 4.69) is 32.9 Å². The average molecular weight is 136 g/mol. The summed E-state index contributed by atoms with van der Waals surface area (Å²) in [4.78, 5) is 0. The van der Waals surface area contributed by atoms with Crippen molar-refractivity contribution in [2.45, 2.75) is 33.6 Å². The molecule has 0 atom stereocenters. The second kappa shape index (κ2) is 3.05. The molecule has 0 heterocycles. The number of hydrogen-bond donors (Lipinski definition) is 0. The van der Waals surface area contributed by atoms with Crippen LogP contribution in [0.4, 0.5) is 0 Å². The van der Waals surface area contributed by atoms with Gasteiger partial charge >= 0.3 is 0 Å². The van der Waals surface area contributed by atoms with E-state index in [4.69, 9.17) is 0 Å². The van der Waals surface area contributed by atoms with Gasteiger partial charge in [-0.15, -0.1) is 0 Å². The molecule has 0 amide bonds. The van der Waals surface area contributed by atoms with Gasteiger partial charge in [0.2, 0.25) is 0 Å². The number of allylic oxidation sites excluding steroid dienone is 4. The summed E-state index contributed by atoms with van der Waals surface area (Å²) in [5.74, 6) is 0.739. The molecule has 0 saturated carbocycles. The van der Waals surface area contributed by atoms with E-state index in [0.717, 1.165) is 5.92 Å². The first-order chi connectivity index (χ1) is 4.75. The first-order valence-corrected chi connectivity index (χ1v) is 4.17. The fourth-order valence-electron chi connectivity index (χ4n) is 1.11. The molecule has 10 heavy (non-hydrogen) atoms. The molecule has 0 fully saturated rings. The summed E-state index contributed by atoms with van der Waals surface area (Å²) in [6.07, 6.45) is 7.14. The quantitative estimate of drug-likeness (QED) is 0.558. The van der Waals surface area contributed by atoms with Crippen molar-refractivity contribution < 1.29 is 0 Å². The van der Waals surface area contributed by atoms with Gasteiger partial charge in [-0.25, -0.2) is 0 Å². The van der Waals surface area contributed by atoms with E-state index in [0.29, 0.717) is 0 Å². The van der Waals surface area contributed by atoms with Gasteiger partial charge in [0.1, 0.15) is 0 Å². The van der Waals surface area contributed by atoms with Gasteiger partial charge in [-0.2, -0.15) is 0 Å². The fourth-order valence-corrected chi connectivity index (χ4v) is 1.11. The van der Waals surface area contributed by atoms with Gasteiger partial charge in [-0.3, -0.25) is 0 Å². The molecule has 0 nitrogen and oxygen atoms in total. The van der Waals surface area contributed by atoms with Crippen molar-refractivity contribution in [1.82, 2.24) is 0 Å². The Kier molecular flexibility index (Phi) is 2.31. The van der Waals surface area contributed by atoms with Gasteiger partial charge in [0, 0.05) is 0 Å². The maximum Gasteiger partial charge on any atom is -0.0213 e. The predicted molar refractivity (Wildman–Crippen MR) is 45.9 cm³/mol. The van der Waals surface area contributed by atoms with Gasteiger partial charge in [0.05, 0.1) is 0 Å². The first-order valence-electron chi connectivity index (χ1n) is 4.17. The Morgan fingerprint density at radius 2 is 2.20 bits per heavy atom. The number of unbranched alkanes of at least 4 members (excludes halogenated alkanes) is 1. The van der Waals surface area contributed by atoms with Crippen molar-refractivity contribution in [1.29, 1.82) is 0 Å². The van der Waals surface area contributed by atoms with Crippen LogP contribution in [-0.4, -0.2) is 0 Å². The molecule has 0 heteroatoms. The Hall–Kier alpha value is -0.520. The Balaban J connectivity index is 2.28. The van der Waals surface area contributed by atoms with Crippen LogP contribution in [0.5, 0.6) is 0 Å². The highest BCUT2D eigenvalue weighted by Crippen LogP contribution is 2.34. The normalized spacial score (nSPS) is 20.0. The lowest BCUT2D eigenvalue weighted by atomic mass is 10.1. The van der Waals surface area contributed by atoms with E-state index < -0.39 is 0 Å². The standard InChI is InChI=1S/C10H16/c1-4-5-6-9-7-10(9)8(2)3/h6-8H,4-5H2,1-3H3. The summed E-state index contributed by atoms with van der Waals surface area (Å²) in [6, 6.07) is 0. The van der Waals surface area contributed by atoms with Crippen molar-refractivity contribution in [3.63, 3.8) is 0 Å². The third kappa shape index (κ3) is 1.73. The molecule has 0 spiro atoms. The number of rotatable bonds is 3. The molecule has 0 aromatic rings. The van der Waals surface area contributed by atoms with Gasteiger partial charge in [-0.05, 0) is 23.5 Å². The summed E-state index contributed by atoms with van der Waals surface area (Å²) in [7, 11) is 0. The van der Waals surface area contributed by atoms with Gasteiger partial charge in [0.15, 0.2) is 0 Å². The topological polar surface area (TPSA) is 0 Å². The average Bonchev–Trinajstić information content (AvgIpc) is 2.62. The van der Waals surface area contributed by atoms with E-state index >= 15 is 0 Å². The number of hydrogen-bond acceptors (Lipinski definition) is 0. The lowest BCUT2D eigenvalue weighted by molar-refractivity contribution is 0.809. The van der Waals surface area contributed by atoms with Crippen LogP contribution in [0.2, 0.25) is 0 Å². The maximum absolute atomic E-state index is 2.34. The molecule has 0 saturated heterocycles. The minimum Gasteiger partial charge on any atom is -0.0770 e. The summed E-state index contributed by atoms with van der Waals surface area (Å²) < 4.78 is 0. The highest BCUT2D eigenvalue weighted by molar-refractivity contribution is 5.57. The predicted octanol–water partition coefficient (Wildman–Crippen LogP) is 3.31. The van der Waals surface area contributed by atoms with E-state index in [1.54, 1.807) is 5.57 Å². The minimum absolute atomic E-state index is 0.739. The summed E-state index contributed by atoms with van der Waals surface area (Å²) >= 11 is 0. The van der Waals surface area contributed by atoms with Crippen molar-refractivity contribution in [2.24, 2.45) is 5.92 Å². The van der Waals surface area contributed by atoms with Crippen LogP contribution in [0, 0.1) is 5.92 Å². The molecule has 0 aliphatic heterocycles. The monoisotopic (exact) mass is 136 g/mol. The van der Waals surface area contributed by atoms with Crippen LogP contribution in [-0.2, 0) is 0 Å². The molecule has 0 N–H and O–H groups in total. The van der Waals surface area contributed by atoms with Crippen molar-refractivity contribution in [2.75, 3.05) is 0 Å². The lowest BCUT2D eigenvalue weighted by Crippen LogP contribution is -1.80. The molecule has 0 unspecified atom stereocenters. The summed E-state index contributed by atoms with van der Waals surface area (Å²) in [6.45, 7) is 6.71. The van der Waals surface area contributed by atoms with Crippen molar-refractivity contribution in [3.05, 3.63) is 23.3 Å². The third-order valence-electron chi connectivity index (χ3n) is 1.84. The molecular formula is C10H16. The molecule has 1 rings (SSSR count). The van der Waals surface area contributed by atoms with Gasteiger partial charge < -0.3 is 0 Å². The van der Waals surface area contributed by atoms with E-state index in [1.165, 1.54) is 18.4 Å². The Morgan fingerprint density at radius 3 is 2.60 bits per heavy atom. The van der Waals surface area contributed by atoms with E-state index in [9.17, 15) is 0 Å². The van der Waals surface area contributed by atoms with E-state index in [1.807, 2.05) is 0 Å². The van der Waals surface area contributed by atoms with Crippen LogP contribution < -0.4 is 0 Å². The van der Waals surface area contributed by atoms with Gasteiger partial charge in [-0.1, -0.05) is 39.3 Å². The highest BCUT2D eigenvalue weighted by atomic mass is 14.2. The second-order valence-electron chi connectivity index (χ2n) is 3.20. The summed E-state index contributed by atoms with van der Waals surface area (Å²) in [5, 5.41) is 0. The first kappa shape index (κ1) is 7.59. The Morgan fingerprint density at radius 1 is 1.50 bits per heavy atom. The lowest BCUT2D eigenvalue weighted by Gasteiger charge is -1.93. The van der Waals surface area contributed by atoms with Crippen LogP contribution in [0.25, 0.3) is 0 Å². The molecule has 1 aliphatic rings. The molecule has 1 aliphatic carbocycles. The highest BCUT2D eigenvalue weighted by Gasteiger charge is 2.17. The zero-order valence-electron chi connectivity index (χ0n) is 7.15. The smallest absolute Gasteiger partial charge is 0.0213 e. The molecule has 0 aromatic heterocycles.